The van der Waals surface area contributed by atoms with Gasteiger partial charge >= 0.3 is 0 Å². The van der Waals surface area contributed by atoms with Crippen LogP contribution in [0.3, 0.4) is 0 Å². The molecule has 19 heavy (non-hydrogen) atoms. The van der Waals surface area contributed by atoms with Crippen LogP contribution in [0.15, 0.2) is 59.8 Å². The SMILES string of the molecule is C#C/C(=C\C=C(C)C)NC(=O)/C=C/c1ccccc1. The summed E-state index contributed by atoms with van der Waals surface area (Å²) in [5, 5.41) is 2.65. The molecule has 0 heterocycles. The van der Waals surface area contributed by atoms with E-state index in [2.05, 4.69) is 11.2 Å². The maximum atomic E-state index is 11.7. The Kier molecular flexibility index (Phi) is 5.91. The van der Waals surface area contributed by atoms with Crippen molar-refractivity contribution in [3.8, 4) is 12.3 Å². The number of allylic oxidation sites excluding steroid dienone is 4. The fourth-order valence-electron chi connectivity index (χ4n) is 1.29. The summed E-state index contributed by atoms with van der Waals surface area (Å²) in [6, 6.07) is 9.60. The zero-order valence-corrected chi connectivity index (χ0v) is 11.2. The Hall–Kier alpha value is -2.53. The van der Waals surface area contributed by atoms with E-state index in [9.17, 15) is 4.79 Å². The Morgan fingerprint density at radius 1 is 1.21 bits per heavy atom. The summed E-state index contributed by atoms with van der Waals surface area (Å²) in [6.45, 7) is 3.92. The summed E-state index contributed by atoms with van der Waals surface area (Å²) in [7, 11) is 0. The van der Waals surface area contributed by atoms with Crippen molar-refractivity contribution in [2.75, 3.05) is 0 Å². The highest BCUT2D eigenvalue weighted by atomic mass is 16.1. The number of amides is 1. The molecule has 0 unspecified atom stereocenters. The zero-order chi connectivity index (χ0) is 14.1. The normalized spacial score (nSPS) is 10.9. The van der Waals surface area contributed by atoms with Crippen molar-refractivity contribution in [1.82, 2.24) is 5.32 Å². The number of hydrogen-bond donors (Lipinski definition) is 1. The number of benzene rings is 1. The van der Waals surface area contributed by atoms with Gasteiger partial charge in [0.05, 0.1) is 5.70 Å². The van der Waals surface area contributed by atoms with Crippen LogP contribution in [0.2, 0.25) is 0 Å². The van der Waals surface area contributed by atoms with Crippen molar-refractivity contribution >= 4 is 12.0 Å². The van der Waals surface area contributed by atoms with Crippen molar-refractivity contribution in [2.24, 2.45) is 0 Å². The van der Waals surface area contributed by atoms with Crippen LogP contribution in [0.1, 0.15) is 19.4 Å². The molecule has 1 N–H and O–H groups in total. The van der Waals surface area contributed by atoms with E-state index in [0.29, 0.717) is 5.70 Å². The van der Waals surface area contributed by atoms with E-state index >= 15 is 0 Å². The molecule has 0 aromatic heterocycles. The number of hydrogen-bond acceptors (Lipinski definition) is 1. The largest absolute Gasteiger partial charge is 0.315 e. The molecule has 96 valence electrons. The molecule has 1 aromatic carbocycles. The molecule has 2 heteroatoms. The summed E-state index contributed by atoms with van der Waals surface area (Å²) in [5.41, 5.74) is 2.53. The standard InChI is InChI=1S/C17H17NO/c1-4-16(12-10-14(2)3)18-17(19)13-11-15-8-6-5-7-9-15/h1,5-13H,2-3H3,(H,18,19)/b13-11+,16-12+. The van der Waals surface area contributed by atoms with Gasteiger partial charge in [0.1, 0.15) is 0 Å². The first-order valence-corrected chi connectivity index (χ1v) is 5.97. The van der Waals surface area contributed by atoms with E-state index in [1.54, 1.807) is 12.2 Å². The third kappa shape index (κ3) is 6.09. The third-order valence-electron chi connectivity index (χ3n) is 2.22. The summed E-state index contributed by atoms with van der Waals surface area (Å²) in [6.07, 6.45) is 12.1. The molecule has 0 spiro atoms. The molecule has 0 saturated carbocycles. The minimum Gasteiger partial charge on any atom is -0.315 e. The predicted molar refractivity (Wildman–Crippen MR) is 80.0 cm³/mol. The van der Waals surface area contributed by atoms with Crippen LogP contribution in [0.25, 0.3) is 6.08 Å². The second kappa shape index (κ2) is 7.73. The Bertz CT molecular complexity index is 553. The Morgan fingerprint density at radius 3 is 2.47 bits per heavy atom. The van der Waals surface area contributed by atoms with Gasteiger partial charge in [0.25, 0.3) is 0 Å². The maximum absolute atomic E-state index is 11.7. The fraction of sp³-hybridized carbons (Fsp3) is 0.118. The molecule has 1 aromatic rings. The molecule has 0 bridgehead atoms. The highest BCUT2D eigenvalue weighted by Crippen LogP contribution is 2.01. The van der Waals surface area contributed by atoms with Crippen LogP contribution in [0.5, 0.6) is 0 Å². The zero-order valence-electron chi connectivity index (χ0n) is 11.2. The van der Waals surface area contributed by atoms with Crippen molar-refractivity contribution in [3.05, 3.63) is 65.4 Å². The summed E-state index contributed by atoms with van der Waals surface area (Å²) in [4.78, 5) is 11.7. The minimum atomic E-state index is -0.241. The van der Waals surface area contributed by atoms with E-state index in [-0.39, 0.29) is 5.91 Å². The highest BCUT2D eigenvalue weighted by Gasteiger charge is 1.97. The van der Waals surface area contributed by atoms with Gasteiger partial charge in [-0.15, -0.1) is 6.42 Å². The molecule has 0 saturated heterocycles. The van der Waals surface area contributed by atoms with Gasteiger partial charge in [0.15, 0.2) is 0 Å². The Labute approximate surface area is 114 Å². The first-order chi connectivity index (χ1) is 9.11. The number of carbonyl (C=O) groups excluding carboxylic acids is 1. The lowest BCUT2D eigenvalue weighted by atomic mass is 10.2. The van der Waals surface area contributed by atoms with Crippen LogP contribution < -0.4 is 5.32 Å². The molecule has 0 atom stereocenters. The molecule has 2 nitrogen and oxygen atoms in total. The van der Waals surface area contributed by atoms with Gasteiger partial charge in [0.2, 0.25) is 5.91 Å². The molecule has 1 amide bonds. The quantitative estimate of drug-likeness (QED) is 0.496. The Morgan fingerprint density at radius 2 is 1.89 bits per heavy atom. The third-order valence-corrected chi connectivity index (χ3v) is 2.22. The molecular weight excluding hydrogens is 234 g/mol. The van der Waals surface area contributed by atoms with Crippen LogP contribution >= 0.6 is 0 Å². The van der Waals surface area contributed by atoms with E-state index in [4.69, 9.17) is 6.42 Å². The fourth-order valence-corrected chi connectivity index (χ4v) is 1.29. The summed E-state index contributed by atoms with van der Waals surface area (Å²) < 4.78 is 0. The maximum Gasteiger partial charge on any atom is 0.248 e. The Balaban J connectivity index is 2.65. The number of terminal acetylenes is 1. The van der Waals surface area contributed by atoms with Crippen molar-refractivity contribution in [2.45, 2.75) is 13.8 Å². The lowest BCUT2D eigenvalue weighted by molar-refractivity contribution is -0.115. The second-order valence-electron chi connectivity index (χ2n) is 4.20. The first-order valence-electron chi connectivity index (χ1n) is 5.97. The molecule has 1 rings (SSSR count). The molecular formula is C17H17NO. The topological polar surface area (TPSA) is 29.1 Å². The smallest absolute Gasteiger partial charge is 0.248 e. The van der Waals surface area contributed by atoms with E-state index in [1.807, 2.05) is 50.3 Å². The number of carbonyl (C=O) groups is 1. The van der Waals surface area contributed by atoms with Gasteiger partial charge in [-0.1, -0.05) is 47.9 Å². The van der Waals surface area contributed by atoms with Gasteiger partial charge < -0.3 is 5.32 Å². The molecule has 0 aliphatic heterocycles. The summed E-state index contributed by atoms with van der Waals surface area (Å²) >= 11 is 0. The van der Waals surface area contributed by atoms with Crippen LogP contribution in [-0.2, 0) is 4.79 Å². The molecule has 0 radical (unpaired) electrons. The average Bonchev–Trinajstić information content (AvgIpc) is 2.42. The predicted octanol–water partition coefficient (Wildman–Crippen LogP) is 3.30. The lowest BCUT2D eigenvalue weighted by Crippen LogP contribution is -2.19. The first kappa shape index (κ1) is 14.5. The molecule has 0 aliphatic carbocycles. The van der Waals surface area contributed by atoms with Crippen LogP contribution in [-0.4, -0.2) is 5.91 Å². The number of nitrogens with one attached hydrogen (secondary N) is 1. The highest BCUT2D eigenvalue weighted by molar-refractivity contribution is 5.93. The van der Waals surface area contributed by atoms with Gasteiger partial charge in [-0.2, -0.15) is 0 Å². The summed E-state index contributed by atoms with van der Waals surface area (Å²) in [5.74, 6) is 2.20. The van der Waals surface area contributed by atoms with Crippen molar-refractivity contribution in [1.29, 1.82) is 0 Å². The van der Waals surface area contributed by atoms with Gasteiger partial charge in [-0.05, 0) is 31.6 Å². The van der Waals surface area contributed by atoms with Gasteiger partial charge in [-0.3, -0.25) is 4.79 Å². The monoisotopic (exact) mass is 251 g/mol. The van der Waals surface area contributed by atoms with E-state index in [1.165, 1.54) is 6.08 Å². The number of rotatable bonds is 4. The second-order valence-corrected chi connectivity index (χ2v) is 4.20. The lowest BCUT2D eigenvalue weighted by Gasteiger charge is -1.99. The van der Waals surface area contributed by atoms with Crippen molar-refractivity contribution in [3.63, 3.8) is 0 Å². The van der Waals surface area contributed by atoms with E-state index < -0.39 is 0 Å². The van der Waals surface area contributed by atoms with Crippen LogP contribution in [0, 0.1) is 12.3 Å². The molecule has 0 fully saturated rings. The minimum absolute atomic E-state index is 0.241. The van der Waals surface area contributed by atoms with E-state index in [0.717, 1.165) is 11.1 Å². The van der Waals surface area contributed by atoms with Gasteiger partial charge in [-0.25, -0.2) is 0 Å². The van der Waals surface area contributed by atoms with Crippen molar-refractivity contribution < 1.29 is 4.79 Å². The molecule has 0 aliphatic rings. The average molecular weight is 251 g/mol. The van der Waals surface area contributed by atoms with Gasteiger partial charge in [0, 0.05) is 6.08 Å². The van der Waals surface area contributed by atoms with Crippen LogP contribution in [0.4, 0.5) is 0 Å².